The highest BCUT2D eigenvalue weighted by molar-refractivity contribution is 5.88. The lowest BCUT2D eigenvalue weighted by molar-refractivity contribution is 0.0951. The van der Waals surface area contributed by atoms with Crippen molar-refractivity contribution < 1.29 is 9.47 Å². The summed E-state index contributed by atoms with van der Waals surface area (Å²) in [6.07, 6.45) is 6.13. The van der Waals surface area contributed by atoms with Crippen LogP contribution in [0.4, 0.5) is 5.69 Å². The fraction of sp³-hybridized carbons (Fsp3) is 0.423. The molecule has 156 valence electrons. The molecule has 2 aromatic carbocycles. The molecule has 0 aliphatic carbocycles. The first-order chi connectivity index (χ1) is 14.7. The first kappa shape index (κ1) is 19.2. The summed E-state index contributed by atoms with van der Waals surface area (Å²) < 4.78 is 12.7. The number of ether oxygens (including phenoxy) is 2. The molecule has 2 aliphatic rings. The predicted molar refractivity (Wildman–Crippen MR) is 122 cm³/mol. The third kappa shape index (κ3) is 3.60. The van der Waals surface area contributed by atoms with E-state index in [0.717, 1.165) is 34.6 Å². The van der Waals surface area contributed by atoms with Crippen LogP contribution < -0.4 is 14.4 Å². The summed E-state index contributed by atoms with van der Waals surface area (Å²) in [5, 5.41) is 1.03. The molecule has 2 atom stereocenters. The molecule has 0 spiro atoms. The standard InChI is InChI=1S/C26H30N2O2/c1-3-4-8-20-12-11-19-7-5-6-9-24(19)28(20)16-21-17-29-25-15-14-23-22(26(25)30-21)13-10-18(2)27-23/h5-7,9-10,13-15,20-21H,3-4,8,11-12,16-17H2,1-2H3. The van der Waals surface area contributed by atoms with Crippen LogP contribution in [0.25, 0.3) is 10.9 Å². The van der Waals surface area contributed by atoms with Gasteiger partial charge in [-0.05, 0) is 62.1 Å². The first-order valence-corrected chi connectivity index (χ1v) is 11.3. The van der Waals surface area contributed by atoms with E-state index in [0.29, 0.717) is 12.6 Å². The number of nitrogens with zero attached hydrogens (tertiary/aromatic N) is 2. The fourth-order valence-corrected chi connectivity index (χ4v) is 4.85. The second kappa shape index (κ2) is 8.17. The van der Waals surface area contributed by atoms with E-state index in [-0.39, 0.29) is 6.10 Å². The summed E-state index contributed by atoms with van der Waals surface area (Å²) in [5.74, 6) is 1.66. The van der Waals surface area contributed by atoms with Crippen LogP contribution >= 0.6 is 0 Å². The monoisotopic (exact) mass is 402 g/mol. The summed E-state index contributed by atoms with van der Waals surface area (Å²) in [7, 11) is 0. The van der Waals surface area contributed by atoms with Crippen LogP contribution in [0.5, 0.6) is 11.5 Å². The largest absolute Gasteiger partial charge is 0.486 e. The van der Waals surface area contributed by atoms with Crippen LogP contribution in [0.15, 0.2) is 48.5 Å². The number of pyridine rings is 1. The molecule has 3 heterocycles. The van der Waals surface area contributed by atoms with Crippen molar-refractivity contribution in [3.8, 4) is 11.5 Å². The van der Waals surface area contributed by atoms with Crippen LogP contribution in [0.2, 0.25) is 0 Å². The van der Waals surface area contributed by atoms with E-state index in [1.54, 1.807) is 0 Å². The van der Waals surface area contributed by atoms with E-state index in [1.165, 1.54) is 43.4 Å². The summed E-state index contributed by atoms with van der Waals surface area (Å²) >= 11 is 0. The minimum absolute atomic E-state index is 0.000291. The van der Waals surface area contributed by atoms with Crippen molar-refractivity contribution in [2.75, 3.05) is 18.1 Å². The number of aryl methyl sites for hydroxylation is 2. The van der Waals surface area contributed by atoms with Crippen LogP contribution in [0.3, 0.4) is 0 Å². The number of fused-ring (bicyclic) bond motifs is 4. The zero-order valence-corrected chi connectivity index (χ0v) is 17.9. The Balaban J connectivity index is 1.43. The summed E-state index contributed by atoms with van der Waals surface area (Å²) in [5.41, 5.74) is 4.79. The highest BCUT2D eigenvalue weighted by atomic mass is 16.6. The lowest BCUT2D eigenvalue weighted by Crippen LogP contribution is -2.47. The zero-order chi connectivity index (χ0) is 20.5. The van der Waals surface area contributed by atoms with E-state index in [2.05, 4.69) is 47.1 Å². The van der Waals surface area contributed by atoms with Crippen LogP contribution in [-0.2, 0) is 6.42 Å². The van der Waals surface area contributed by atoms with Gasteiger partial charge in [-0.1, -0.05) is 38.0 Å². The van der Waals surface area contributed by atoms with Gasteiger partial charge in [0.1, 0.15) is 6.61 Å². The van der Waals surface area contributed by atoms with E-state index < -0.39 is 0 Å². The van der Waals surface area contributed by atoms with Crippen molar-refractivity contribution in [1.29, 1.82) is 0 Å². The van der Waals surface area contributed by atoms with E-state index in [1.807, 2.05) is 25.1 Å². The highest BCUT2D eigenvalue weighted by Gasteiger charge is 2.31. The number of anilines is 1. The number of hydrogen-bond acceptors (Lipinski definition) is 4. The second-order valence-electron chi connectivity index (χ2n) is 8.58. The van der Waals surface area contributed by atoms with Crippen molar-refractivity contribution in [1.82, 2.24) is 4.98 Å². The molecule has 0 bridgehead atoms. The van der Waals surface area contributed by atoms with Gasteiger partial charge < -0.3 is 14.4 Å². The molecule has 0 saturated carbocycles. The molecule has 0 saturated heterocycles. The molecule has 4 nitrogen and oxygen atoms in total. The number of hydrogen-bond donors (Lipinski definition) is 0. The summed E-state index contributed by atoms with van der Waals surface area (Å²) in [6, 6.07) is 17.6. The van der Waals surface area contributed by atoms with Crippen molar-refractivity contribution in [2.45, 2.75) is 58.1 Å². The molecule has 2 unspecified atom stereocenters. The molecular formula is C26H30N2O2. The lowest BCUT2D eigenvalue weighted by Gasteiger charge is -2.41. The van der Waals surface area contributed by atoms with Gasteiger partial charge in [0.25, 0.3) is 0 Å². The molecule has 3 aromatic rings. The van der Waals surface area contributed by atoms with E-state index in [4.69, 9.17) is 9.47 Å². The maximum Gasteiger partial charge on any atom is 0.171 e. The van der Waals surface area contributed by atoms with Crippen molar-refractivity contribution in [3.05, 3.63) is 59.8 Å². The normalized spacial score (nSPS) is 20.3. The molecular weight excluding hydrogens is 372 g/mol. The van der Waals surface area contributed by atoms with Gasteiger partial charge in [0.2, 0.25) is 0 Å². The molecule has 1 aromatic heterocycles. The molecule has 0 fully saturated rings. The molecule has 4 heteroatoms. The Bertz CT molecular complexity index is 1050. The van der Waals surface area contributed by atoms with Crippen LogP contribution in [0, 0.1) is 6.92 Å². The van der Waals surface area contributed by atoms with Gasteiger partial charge in [-0.25, -0.2) is 0 Å². The SMILES string of the molecule is CCCCC1CCc2ccccc2N1CC1COc2ccc3nc(C)ccc3c2O1. The average Bonchev–Trinajstić information content (AvgIpc) is 2.78. The first-order valence-electron chi connectivity index (χ1n) is 11.3. The number of aromatic nitrogens is 1. The van der Waals surface area contributed by atoms with Crippen LogP contribution in [-0.4, -0.2) is 30.3 Å². The van der Waals surface area contributed by atoms with Crippen molar-refractivity contribution in [2.24, 2.45) is 0 Å². The molecule has 30 heavy (non-hydrogen) atoms. The summed E-state index contributed by atoms with van der Waals surface area (Å²) in [4.78, 5) is 7.24. The second-order valence-corrected chi connectivity index (χ2v) is 8.58. The third-order valence-electron chi connectivity index (χ3n) is 6.41. The van der Waals surface area contributed by atoms with Gasteiger partial charge >= 0.3 is 0 Å². The Labute approximate surface area is 178 Å². The van der Waals surface area contributed by atoms with E-state index >= 15 is 0 Å². The maximum atomic E-state index is 6.55. The van der Waals surface area contributed by atoms with Crippen molar-refractivity contribution >= 4 is 16.6 Å². The Morgan fingerprint density at radius 2 is 2.00 bits per heavy atom. The van der Waals surface area contributed by atoms with Crippen LogP contribution in [0.1, 0.15) is 43.9 Å². The van der Waals surface area contributed by atoms with E-state index in [9.17, 15) is 0 Å². The molecule has 5 rings (SSSR count). The van der Waals surface area contributed by atoms with Gasteiger partial charge in [0, 0.05) is 22.8 Å². The predicted octanol–water partition coefficient (Wildman–Crippen LogP) is 5.69. The maximum absolute atomic E-state index is 6.55. The Hall–Kier alpha value is -2.75. The zero-order valence-electron chi connectivity index (χ0n) is 17.9. The third-order valence-corrected chi connectivity index (χ3v) is 6.41. The highest BCUT2D eigenvalue weighted by Crippen LogP contribution is 2.39. The molecule has 0 radical (unpaired) electrons. The van der Waals surface area contributed by atoms with Gasteiger partial charge in [-0.3, -0.25) is 4.98 Å². The molecule has 0 N–H and O–H groups in total. The Morgan fingerprint density at radius 3 is 2.90 bits per heavy atom. The molecule has 0 amide bonds. The number of unbranched alkanes of at least 4 members (excludes halogenated alkanes) is 1. The Kier molecular flexibility index (Phi) is 5.24. The van der Waals surface area contributed by atoms with Gasteiger partial charge in [0.15, 0.2) is 17.6 Å². The minimum Gasteiger partial charge on any atom is -0.486 e. The van der Waals surface area contributed by atoms with Gasteiger partial charge in [-0.2, -0.15) is 0 Å². The Morgan fingerprint density at radius 1 is 1.10 bits per heavy atom. The molecule has 2 aliphatic heterocycles. The van der Waals surface area contributed by atoms with Gasteiger partial charge in [0.05, 0.1) is 12.1 Å². The average molecular weight is 403 g/mol. The number of rotatable bonds is 5. The quantitative estimate of drug-likeness (QED) is 0.549. The van der Waals surface area contributed by atoms with Gasteiger partial charge in [-0.15, -0.1) is 0 Å². The number of para-hydroxylation sites is 1. The fourth-order valence-electron chi connectivity index (χ4n) is 4.85. The smallest absolute Gasteiger partial charge is 0.171 e. The van der Waals surface area contributed by atoms with Crippen molar-refractivity contribution in [3.63, 3.8) is 0 Å². The lowest BCUT2D eigenvalue weighted by atomic mass is 9.92. The topological polar surface area (TPSA) is 34.6 Å². The number of benzene rings is 2. The minimum atomic E-state index is -0.000291. The summed E-state index contributed by atoms with van der Waals surface area (Å²) in [6.45, 7) is 5.72.